The number of piperidine rings is 1. The van der Waals surface area contributed by atoms with Gasteiger partial charge in [-0.1, -0.05) is 0 Å². The minimum atomic E-state index is 0.0452. The van der Waals surface area contributed by atoms with Gasteiger partial charge in [0, 0.05) is 17.7 Å². The van der Waals surface area contributed by atoms with Gasteiger partial charge in [0.15, 0.2) is 11.5 Å². The second-order valence-corrected chi connectivity index (χ2v) is 6.71. The molecule has 2 heterocycles. The molecule has 0 aliphatic carbocycles. The molecule has 1 aromatic carbocycles. The van der Waals surface area contributed by atoms with Crippen LogP contribution >= 0.6 is 0 Å². The maximum atomic E-state index is 12.5. The van der Waals surface area contributed by atoms with Crippen molar-refractivity contribution in [1.82, 2.24) is 5.32 Å². The molecule has 8 heteroatoms. The standard InChI is InChI=1S/C20H30N2O6/c23-20(16-3-5-21-6-4-16)22-17-1-2-18-19(15-17)28-14-12-26-10-8-24-7-9-25-11-13-27-18/h1-2,15-16,21H,3-14H2,(H,22,23). The molecule has 1 fully saturated rings. The molecule has 2 aliphatic rings. The quantitative estimate of drug-likeness (QED) is 0.785. The van der Waals surface area contributed by atoms with Crippen LogP contribution < -0.4 is 20.1 Å². The molecule has 2 aliphatic heterocycles. The van der Waals surface area contributed by atoms with Crippen molar-refractivity contribution < 1.29 is 28.5 Å². The average molecular weight is 394 g/mol. The Labute approximate surface area is 165 Å². The van der Waals surface area contributed by atoms with Crippen molar-refractivity contribution in [2.45, 2.75) is 12.8 Å². The average Bonchev–Trinajstić information content (AvgIpc) is 2.73. The van der Waals surface area contributed by atoms with E-state index in [1.807, 2.05) is 12.1 Å². The first-order valence-electron chi connectivity index (χ1n) is 9.97. The van der Waals surface area contributed by atoms with Gasteiger partial charge < -0.3 is 34.3 Å². The van der Waals surface area contributed by atoms with Crippen LogP contribution in [0.5, 0.6) is 11.5 Å². The Hall–Kier alpha value is -1.87. The van der Waals surface area contributed by atoms with Crippen molar-refractivity contribution in [3.8, 4) is 11.5 Å². The first kappa shape index (κ1) is 20.9. The zero-order valence-electron chi connectivity index (χ0n) is 16.2. The smallest absolute Gasteiger partial charge is 0.227 e. The number of carbonyl (C=O) groups is 1. The van der Waals surface area contributed by atoms with E-state index >= 15 is 0 Å². The Morgan fingerprint density at radius 3 is 2.04 bits per heavy atom. The molecule has 1 saturated heterocycles. The molecule has 0 unspecified atom stereocenters. The minimum Gasteiger partial charge on any atom is -0.487 e. The van der Waals surface area contributed by atoms with E-state index in [0.717, 1.165) is 25.9 Å². The maximum absolute atomic E-state index is 12.5. The first-order valence-corrected chi connectivity index (χ1v) is 9.97. The number of benzene rings is 1. The lowest BCUT2D eigenvalue weighted by Crippen LogP contribution is -2.34. The zero-order valence-corrected chi connectivity index (χ0v) is 16.2. The van der Waals surface area contributed by atoms with E-state index in [1.165, 1.54) is 0 Å². The molecule has 0 saturated carbocycles. The summed E-state index contributed by atoms with van der Waals surface area (Å²) < 4.78 is 28.0. The van der Waals surface area contributed by atoms with Gasteiger partial charge in [-0.2, -0.15) is 0 Å². The van der Waals surface area contributed by atoms with E-state index < -0.39 is 0 Å². The third-order valence-electron chi connectivity index (χ3n) is 4.64. The highest BCUT2D eigenvalue weighted by Gasteiger charge is 2.21. The number of rotatable bonds is 2. The van der Waals surface area contributed by atoms with E-state index in [-0.39, 0.29) is 11.8 Å². The number of fused-ring (bicyclic) bond motifs is 1. The monoisotopic (exact) mass is 394 g/mol. The normalized spacial score (nSPS) is 20.6. The first-order chi connectivity index (χ1) is 13.8. The van der Waals surface area contributed by atoms with Gasteiger partial charge in [-0.05, 0) is 38.1 Å². The molecule has 1 aromatic rings. The van der Waals surface area contributed by atoms with Gasteiger partial charge in [0.05, 0.1) is 39.6 Å². The molecule has 0 bridgehead atoms. The van der Waals surface area contributed by atoms with Gasteiger partial charge in [-0.15, -0.1) is 0 Å². The van der Waals surface area contributed by atoms with Crippen LogP contribution in [0.2, 0.25) is 0 Å². The van der Waals surface area contributed by atoms with Crippen LogP contribution in [-0.4, -0.2) is 71.9 Å². The van der Waals surface area contributed by atoms with Crippen molar-refractivity contribution in [3.05, 3.63) is 18.2 Å². The van der Waals surface area contributed by atoms with Crippen molar-refractivity contribution in [3.63, 3.8) is 0 Å². The van der Waals surface area contributed by atoms with Gasteiger partial charge in [-0.25, -0.2) is 0 Å². The largest absolute Gasteiger partial charge is 0.487 e. The third kappa shape index (κ3) is 6.94. The summed E-state index contributed by atoms with van der Waals surface area (Å²) >= 11 is 0. The lowest BCUT2D eigenvalue weighted by Gasteiger charge is -2.22. The Morgan fingerprint density at radius 2 is 1.39 bits per heavy atom. The molecule has 2 N–H and O–H groups in total. The van der Waals surface area contributed by atoms with E-state index in [9.17, 15) is 4.79 Å². The molecule has 28 heavy (non-hydrogen) atoms. The predicted molar refractivity (Wildman–Crippen MR) is 104 cm³/mol. The summed E-state index contributed by atoms with van der Waals surface area (Å²) in [4.78, 5) is 12.5. The summed E-state index contributed by atoms with van der Waals surface area (Å²) in [6.45, 7) is 5.58. The number of amides is 1. The van der Waals surface area contributed by atoms with Gasteiger partial charge in [0.2, 0.25) is 5.91 Å². The highest BCUT2D eigenvalue weighted by atomic mass is 16.6. The fourth-order valence-electron chi connectivity index (χ4n) is 3.11. The second-order valence-electron chi connectivity index (χ2n) is 6.71. The Morgan fingerprint density at radius 1 is 0.821 bits per heavy atom. The van der Waals surface area contributed by atoms with Gasteiger partial charge in [0.25, 0.3) is 0 Å². The molecule has 1 amide bonds. The molecule has 0 atom stereocenters. The van der Waals surface area contributed by atoms with Gasteiger partial charge >= 0.3 is 0 Å². The molecular weight excluding hydrogens is 364 g/mol. The Balaban J connectivity index is 1.61. The molecule has 3 rings (SSSR count). The van der Waals surface area contributed by atoms with Crippen LogP contribution in [-0.2, 0) is 19.0 Å². The van der Waals surface area contributed by atoms with Crippen LogP contribution in [0.15, 0.2) is 18.2 Å². The van der Waals surface area contributed by atoms with E-state index in [0.29, 0.717) is 70.0 Å². The van der Waals surface area contributed by atoms with Crippen LogP contribution in [0.4, 0.5) is 5.69 Å². The highest BCUT2D eigenvalue weighted by Crippen LogP contribution is 2.31. The third-order valence-corrected chi connectivity index (χ3v) is 4.64. The Bertz CT molecular complexity index is 606. The number of anilines is 1. The summed E-state index contributed by atoms with van der Waals surface area (Å²) in [5.41, 5.74) is 0.703. The fourth-order valence-corrected chi connectivity index (χ4v) is 3.11. The van der Waals surface area contributed by atoms with Crippen LogP contribution in [0.25, 0.3) is 0 Å². The van der Waals surface area contributed by atoms with Gasteiger partial charge in [0.1, 0.15) is 13.2 Å². The summed E-state index contributed by atoms with van der Waals surface area (Å²) in [5.74, 6) is 1.30. The number of hydrogen-bond acceptors (Lipinski definition) is 7. The molecule has 156 valence electrons. The molecule has 0 radical (unpaired) electrons. The number of hydrogen-bond donors (Lipinski definition) is 2. The lowest BCUT2D eigenvalue weighted by molar-refractivity contribution is -0.120. The lowest BCUT2D eigenvalue weighted by atomic mass is 9.97. The predicted octanol–water partition coefficient (Wildman–Crippen LogP) is 1.45. The van der Waals surface area contributed by atoms with E-state index in [1.54, 1.807) is 6.07 Å². The minimum absolute atomic E-state index is 0.0452. The second kappa shape index (κ2) is 11.9. The number of ether oxygens (including phenoxy) is 5. The molecule has 0 aromatic heterocycles. The van der Waals surface area contributed by atoms with Crippen molar-refractivity contribution >= 4 is 11.6 Å². The molecule has 0 spiro atoms. The number of carbonyl (C=O) groups excluding carboxylic acids is 1. The summed E-state index contributed by atoms with van der Waals surface area (Å²) in [6, 6.07) is 5.45. The topological polar surface area (TPSA) is 87.3 Å². The van der Waals surface area contributed by atoms with Crippen LogP contribution in [0.3, 0.4) is 0 Å². The van der Waals surface area contributed by atoms with Crippen LogP contribution in [0.1, 0.15) is 12.8 Å². The maximum Gasteiger partial charge on any atom is 0.227 e. The number of nitrogens with one attached hydrogen (secondary N) is 2. The highest BCUT2D eigenvalue weighted by molar-refractivity contribution is 5.93. The van der Waals surface area contributed by atoms with E-state index in [4.69, 9.17) is 23.7 Å². The van der Waals surface area contributed by atoms with E-state index in [2.05, 4.69) is 10.6 Å². The van der Waals surface area contributed by atoms with Crippen molar-refractivity contribution in [1.29, 1.82) is 0 Å². The molecular formula is C20H30N2O6. The summed E-state index contributed by atoms with van der Waals surface area (Å²) in [5, 5.41) is 6.27. The van der Waals surface area contributed by atoms with Crippen LogP contribution in [0, 0.1) is 5.92 Å². The SMILES string of the molecule is O=C(Nc1ccc2c(c1)OCCOCCOCCOCCO2)C1CCNCC1. The van der Waals surface area contributed by atoms with Crippen molar-refractivity contribution in [2.75, 3.05) is 71.3 Å². The van der Waals surface area contributed by atoms with Crippen molar-refractivity contribution in [2.24, 2.45) is 5.92 Å². The Kier molecular flexibility index (Phi) is 8.83. The zero-order chi connectivity index (χ0) is 19.4. The van der Waals surface area contributed by atoms with Gasteiger partial charge in [-0.3, -0.25) is 4.79 Å². The summed E-state index contributed by atoms with van der Waals surface area (Å²) in [6.07, 6.45) is 1.72. The molecule has 8 nitrogen and oxygen atoms in total. The summed E-state index contributed by atoms with van der Waals surface area (Å²) in [7, 11) is 0. The fraction of sp³-hybridized carbons (Fsp3) is 0.650.